The zero-order chi connectivity index (χ0) is 8.55. The average molecular weight is 218 g/mol. The van der Waals surface area contributed by atoms with Gasteiger partial charge in [-0.3, -0.25) is 0 Å². The Bertz CT molecular complexity index is 299. The highest BCUT2D eigenvalue weighted by Gasteiger charge is 2.13. The summed E-state index contributed by atoms with van der Waals surface area (Å²) < 4.78 is 0. The first kappa shape index (κ1) is 10.7. The van der Waals surface area contributed by atoms with E-state index in [1.165, 1.54) is 24.1 Å². The van der Waals surface area contributed by atoms with Crippen LogP contribution in [0.1, 0.15) is 18.9 Å². The van der Waals surface area contributed by atoms with Crippen molar-refractivity contribution in [1.82, 2.24) is 0 Å². The van der Waals surface area contributed by atoms with Gasteiger partial charge in [0.25, 0.3) is 0 Å². The van der Waals surface area contributed by atoms with Crippen LogP contribution in [-0.4, -0.2) is 6.04 Å². The van der Waals surface area contributed by atoms with E-state index in [2.05, 4.69) is 18.3 Å². The van der Waals surface area contributed by atoms with Crippen LogP contribution in [0.3, 0.4) is 0 Å². The Morgan fingerprint density at radius 3 is 3.00 bits per heavy atom. The van der Waals surface area contributed by atoms with E-state index in [4.69, 9.17) is 11.6 Å². The van der Waals surface area contributed by atoms with Gasteiger partial charge in [0.1, 0.15) is 0 Å². The van der Waals surface area contributed by atoms with E-state index in [1.807, 2.05) is 12.1 Å². The molecule has 1 atom stereocenters. The van der Waals surface area contributed by atoms with Gasteiger partial charge in [-0.25, -0.2) is 0 Å². The van der Waals surface area contributed by atoms with Crippen LogP contribution in [0.4, 0.5) is 5.69 Å². The zero-order valence-corrected chi connectivity index (χ0v) is 9.08. The molecule has 2 rings (SSSR count). The van der Waals surface area contributed by atoms with E-state index in [0.29, 0.717) is 6.04 Å². The molecule has 1 unspecified atom stereocenters. The monoisotopic (exact) mass is 217 g/mol. The molecule has 1 aliphatic heterocycles. The summed E-state index contributed by atoms with van der Waals surface area (Å²) in [5.74, 6) is 0. The van der Waals surface area contributed by atoms with Gasteiger partial charge in [-0.2, -0.15) is 0 Å². The molecule has 0 radical (unpaired) electrons. The topological polar surface area (TPSA) is 12.0 Å². The van der Waals surface area contributed by atoms with Crippen LogP contribution >= 0.6 is 24.0 Å². The van der Waals surface area contributed by atoms with Crippen LogP contribution in [0.2, 0.25) is 5.02 Å². The molecule has 0 spiro atoms. The highest BCUT2D eigenvalue weighted by Crippen LogP contribution is 2.27. The summed E-state index contributed by atoms with van der Waals surface area (Å²) in [5.41, 5.74) is 2.60. The smallest absolute Gasteiger partial charge is 0.0426 e. The van der Waals surface area contributed by atoms with E-state index in [-0.39, 0.29) is 12.4 Å². The van der Waals surface area contributed by atoms with Crippen molar-refractivity contribution in [3.05, 3.63) is 28.8 Å². The van der Waals surface area contributed by atoms with Crippen LogP contribution in [0.25, 0.3) is 0 Å². The Hall–Kier alpha value is -0.400. The number of aryl methyl sites for hydroxylation is 1. The van der Waals surface area contributed by atoms with Crippen LogP contribution in [-0.2, 0) is 6.42 Å². The van der Waals surface area contributed by atoms with Crippen LogP contribution in [0.15, 0.2) is 18.2 Å². The third-order valence-corrected chi connectivity index (χ3v) is 2.56. The maximum absolute atomic E-state index is 5.88. The van der Waals surface area contributed by atoms with Gasteiger partial charge in [-0.15, -0.1) is 12.4 Å². The number of benzene rings is 1. The van der Waals surface area contributed by atoms with Crippen molar-refractivity contribution in [2.24, 2.45) is 0 Å². The summed E-state index contributed by atoms with van der Waals surface area (Å²) in [6.45, 7) is 2.20. The molecule has 0 aliphatic carbocycles. The molecule has 0 aromatic heterocycles. The van der Waals surface area contributed by atoms with Crippen molar-refractivity contribution in [3.8, 4) is 0 Å². The molecular formula is C10H13Cl2N. The molecule has 0 amide bonds. The molecule has 1 nitrogen and oxygen atoms in total. The van der Waals surface area contributed by atoms with Crippen molar-refractivity contribution in [3.63, 3.8) is 0 Å². The van der Waals surface area contributed by atoms with Gasteiger partial charge in [0.05, 0.1) is 0 Å². The second kappa shape index (κ2) is 4.21. The summed E-state index contributed by atoms with van der Waals surface area (Å²) in [6.07, 6.45) is 2.38. The normalized spacial score (nSPS) is 19.7. The number of anilines is 1. The van der Waals surface area contributed by atoms with Crippen LogP contribution in [0, 0.1) is 0 Å². The molecule has 3 heteroatoms. The lowest BCUT2D eigenvalue weighted by Gasteiger charge is -2.23. The highest BCUT2D eigenvalue weighted by atomic mass is 35.5. The maximum atomic E-state index is 5.88. The maximum Gasteiger partial charge on any atom is 0.0426 e. The standard InChI is InChI=1S/C10H12ClN.ClH/c1-7-2-3-8-4-5-9(11)6-10(8)12-7;/h4-7,12H,2-3H2,1H3;1H. The Morgan fingerprint density at radius 2 is 2.23 bits per heavy atom. The number of rotatable bonds is 0. The van der Waals surface area contributed by atoms with Gasteiger partial charge in [-0.05, 0) is 37.5 Å². The summed E-state index contributed by atoms with van der Waals surface area (Å²) in [6, 6.07) is 6.65. The Balaban J connectivity index is 0.000000845. The lowest BCUT2D eigenvalue weighted by molar-refractivity contribution is 0.681. The lowest BCUT2D eigenvalue weighted by Crippen LogP contribution is -2.21. The second-order valence-corrected chi connectivity index (χ2v) is 3.82. The number of hydrogen-bond donors (Lipinski definition) is 1. The molecule has 0 saturated carbocycles. The first-order chi connectivity index (χ1) is 5.75. The predicted molar refractivity (Wildman–Crippen MR) is 60.1 cm³/mol. The molecule has 1 aromatic carbocycles. The predicted octanol–water partition coefficient (Wildman–Crippen LogP) is 3.51. The molecular weight excluding hydrogens is 205 g/mol. The summed E-state index contributed by atoms with van der Waals surface area (Å²) >= 11 is 5.88. The minimum absolute atomic E-state index is 0. The van der Waals surface area contributed by atoms with Gasteiger partial charge >= 0.3 is 0 Å². The minimum Gasteiger partial charge on any atom is -0.382 e. The van der Waals surface area contributed by atoms with Crippen LogP contribution in [0.5, 0.6) is 0 Å². The van der Waals surface area contributed by atoms with Crippen molar-refractivity contribution in [1.29, 1.82) is 0 Å². The van der Waals surface area contributed by atoms with E-state index < -0.39 is 0 Å². The molecule has 0 bridgehead atoms. The van der Waals surface area contributed by atoms with Crippen molar-refractivity contribution >= 4 is 29.7 Å². The molecule has 72 valence electrons. The largest absolute Gasteiger partial charge is 0.382 e. The molecule has 13 heavy (non-hydrogen) atoms. The summed E-state index contributed by atoms with van der Waals surface area (Å²) in [7, 11) is 0. The Labute approximate surface area is 89.9 Å². The van der Waals surface area contributed by atoms with Gasteiger partial charge in [0.2, 0.25) is 0 Å². The second-order valence-electron chi connectivity index (χ2n) is 3.39. The molecule has 1 heterocycles. The molecule has 0 fully saturated rings. The van der Waals surface area contributed by atoms with Gasteiger partial charge in [-0.1, -0.05) is 17.7 Å². The number of fused-ring (bicyclic) bond motifs is 1. The molecule has 1 N–H and O–H groups in total. The molecule has 1 aliphatic rings. The van der Waals surface area contributed by atoms with Gasteiger partial charge in [0, 0.05) is 16.8 Å². The Kier molecular flexibility index (Phi) is 3.46. The molecule has 0 saturated heterocycles. The summed E-state index contributed by atoms with van der Waals surface area (Å²) in [5, 5.41) is 4.23. The summed E-state index contributed by atoms with van der Waals surface area (Å²) in [4.78, 5) is 0. The van der Waals surface area contributed by atoms with E-state index in [9.17, 15) is 0 Å². The lowest BCUT2D eigenvalue weighted by atomic mass is 9.99. The third-order valence-electron chi connectivity index (χ3n) is 2.32. The fourth-order valence-corrected chi connectivity index (χ4v) is 1.78. The van der Waals surface area contributed by atoms with Crippen LogP contribution < -0.4 is 5.32 Å². The van der Waals surface area contributed by atoms with Gasteiger partial charge in [0.15, 0.2) is 0 Å². The third kappa shape index (κ3) is 2.29. The first-order valence-electron chi connectivity index (χ1n) is 4.30. The number of hydrogen-bond acceptors (Lipinski definition) is 1. The molecule has 1 aromatic rings. The Morgan fingerprint density at radius 1 is 1.46 bits per heavy atom. The van der Waals surface area contributed by atoms with E-state index in [0.717, 1.165) is 5.02 Å². The highest BCUT2D eigenvalue weighted by molar-refractivity contribution is 6.30. The zero-order valence-electron chi connectivity index (χ0n) is 7.51. The van der Waals surface area contributed by atoms with Crippen molar-refractivity contribution in [2.75, 3.05) is 5.32 Å². The van der Waals surface area contributed by atoms with E-state index >= 15 is 0 Å². The quantitative estimate of drug-likeness (QED) is 0.702. The van der Waals surface area contributed by atoms with Crippen molar-refractivity contribution < 1.29 is 0 Å². The van der Waals surface area contributed by atoms with Gasteiger partial charge < -0.3 is 5.32 Å². The number of halogens is 2. The number of nitrogens with one attached hydrogen (secondary N) is 1. The fourth-order valence-electron chi connectivity index (χ4n) is 1.61. The fraction of sp³-hybridized carbons (Fsp3) is 0.400. The van der Waals surface area contributed by atoms with E-state index in [1.54, 1.807) is 0 Å². The first-order valence-corrected chi connectivity index (χ1v) is 4.68. The minimum atomic E-state index is 0. The SMILES string of the molecule is CC1CCc2ccc(Cl)cc2N1.Cl. The van der Waals surface area contributed by atoms with Crippen molar-refractivity contribution in [2.45, 2.75) is 25.8 Å². The average Bonchev–Trinajstić information content (AvgIpc) is 2.03.